The highest BCUT2D eigenvalue weighted by Gasteiger charge is 2.44. The molecule has 3 aromatic rings. The van der Waals surface area contributed by atoms with E-state index in [0.29, 0.717) is 29.7 Å². The van der Waals surface area contributed by atoms with Gasteiger partial charge >= 0.3 is 0 Å². The molecule has 1 aliphatic rings. The van der Waals surface area contributed by atoms with E-state index < -0.39 is 37.3 Å². The minimum Gasteiger partial charge on any atom is -0.497 e. The topological polar surface area (TPSA) is 139 Å². The van der Waals surface area contributed by atoms with Gasteiger partial charge in [0.2, 0.25) is 6.29 Å². The van der Waals surface area contributed by atoms with E-state index in [1.165, 1.54) is 0 Å². The molecule has 31 heavy (non-hydrogen) atoms. The first kappa shape index (κ1) is 21.5. The number of hydrogen-bond acceptors (Lipinski definition) is 9. The number of ether oxygens (including phenoxy) is 3. The number of fused-ring (bicyclic) bond motifs is 1. The Balaban J connectivity index is 1.55. The fraction of sp³-hybridized carbons (Fsp3) is 0.429. The van der Waals surface area contributed by atoms with Crippen molar-refractivity contribution in [3.63, 3.8) is 0 Å². The molecule has 10 nitrogen and oxygen atoms in total. The van der Waals surface area contributed by atoms with Gasteiger partial charge in [-0.15, -0.1) is 5.10 Å². The molecule has 10 heteroatoms. The molecular formula is C21H25N3O7. The third-order valence-electron chi connectivity index (χ3n) is 5.36. The number of rotatable bonds is 7. The van der Waals surface area contributed by atoms with Crippen LogP contribution < -0.4 is 9.47 Å². The molecule has 1 fully saturated rings. The molecule has 0 spiro atoms. The van der Waals surface area contributed by atoms with E-state index in [9.17, 15) is 20.4 Å². The molecule has 2 aromatic carbocycles. The molecule has 0 saturated carbocycles. The van der Waals surface area contributed by atoms with Crippen LogP contribution in [0.15, 0.2) is 42.5 Å². The van der Waals surface area contributed by atoms with Gasteiger partial charge < -0.3 is 34.6 Å². The Labute approximate surface area is 178 Å². The molecule has 0 aliphatic carbocycles. The monoisotopic (exact) mass is 431 g/mol. The summed E-state index contributed by atoms with van der Waals surface area (Å²) in [6, 6.07) is 12.9. The number of nitrogens with zero attached hydrogens (tertiary/aromatic N) is 3. The Kier molecular flexibility index (Phi) is 6.35. The van der Waals surface area contributed by atoms with Crippen molar-refractivity contribution in [2.45, 2.75) is 43.7 Å². The zero-order valence-corrected chi connectivity index (χ0v) is 16.9. The molecular weight excluding hydrogens is 406 g/mol. The summed E-state index contributed by atoms with van der Waals surface area (Å²) in [5.41, 5.74) is 2.29. The number of benzene rings is 2. The molecule has 1 saturated heterocycles. The van der Waals surface area contributed by atoms with Crippen molar-refractivity contribution in [2.24, 2.45) is 0 Å². The lowest BCUT2D eigenvalue weighted by molar-refractivity contribution is -0.277. The number of aliphatic hydroxyl groups is 4. The molecule has 2 heterocycles. The first-order valence-electron chi connectivity index (χ1n) is 9.94. The second-order valence-corrected chi connectivity index (χ2v) is 7.35. The summed E-state index contributed by atoms with van der Waals surface area (Å²) in [5.74, 6) is 1.13. The summed E-state index contributed by atoms with van der Waals surface area (Å²) in [6.45, 7) is -0.00571. The maximum absolute atomic E-state index is 10.3. The molecule has 5 atom stereocenters. The Morgan fingerprint density at radius 3 is 2.52 bits per heavy atom. The largest absolute Gasteiger partial charge is 0.497 e. The predicted molar refractivity (Wildman–Crippen MR) is 109 cm³/mol. The average molecular weight is 431 g/mol. The smallest absolute Gasteiger partial charge is 0.229 e. The maximum atomic E-state index is 10.3. The molecule has 0 radical (unpaired) electrons. The number of aromatic nitrogens is 3. The summed E-state index contributed by atoms with van der Waals surface area (Å²) >= 11 is 0. The van der Waals surface area contributed by atoms with Crippen molar-refractivity contribution in [3.8, 4) is 11.5 Å². The highest BCUT2D eigenvalue weighted by Crippen LogP contribution is 2.29. The second-order valence-electron chi connectivity index (χ2n) is 7.35. The first-order chi connectivity index (χ1) is 15.0. The maximum Gasteiger partial charge on any atom is 0.229 e. The van der Waals surface area contributed by atoms with Crippen LogP contribution in [0.1, 0.15) is 5.56 Å². The van der Waals surface area contributed by atoms with Crippen molar-refractivity contribution in [3.05, 3.63) is 48.0 Å². The fourth-order valence-electron chi connectivity index (χ4n) is 3.57. The number of para-hydroxylation sites is 1. The quantitative estimate of drug-likeness (QED) is 0.402. The van der Waals surface area contributed by atoms with E-state index in [1.54, 1.807) is 30.0 Å². The summed E-state index contributed by atoms with van der Waals surface area (Å²) in [5, 5.41) is 48.0. The standard InChI is InChI=1S/C21H25N3O7/c1-29-13-7-5-12(6-8-13)9-10-24-17-14(22-23-24)3-2-4-15(17)30-21-20(28)19(27)18(26)16(11-25)31-21/h2-8,16,18-21,25-28H,9-11H2,1H3/t16-,18-,19+,20-,21?/m0/s1. The first-order valence-corrected chi connectivity index (χ1v) is 9.94. The molecule has 4 rings (SSSR count). The third kappa shape index (κ3) is 4.34. The SMILES string of the molecule is COc1ccc(CCn2nnc3cccc(OC4O[C@@H](CO)[C@H](O)[C@@H](O)[C@@H]4O)c32)cc1. The van der Waals surface area contributed by atoms with Gasteiger partial charge in [0, 0.05) is 6.54 Å². The summed E-state index contributed by atoms with van der Waals surface area (Å²) in [7, 11) is 1.62. The summed E-state index contributed by atoms with van der Waals surface area (Å²) < 4.78 is 18.2. The zero-order chi connectivity index (χ0) is 22.0. The van der Waals surface area contributed by atoms with Crippen LogP contribution >= 0.6 is 0 Å². The van der Waals surface area contributed by atoms with E-state index in [0.717, 1.165) is 11.3 Å². The minimum atomic E-state index is -1.52. The minimum absolute atomic E-state index is 0.349. The Hall–Kier alpha value is -2.76. The molecule has 1 unspecified atom stereocenters. The Bertz CT molecular complexity index is 1010. The lowest BCUT2D eigenvalue weighted by atomic mass is 9.99. The molecule has 0 amide bonds. The lowest BCUT2D eigenvalue weighted by Crippen LogP contribution is -2.60. The molecule has 1 aliphatic heterocycles. The van der Waals surface area contributed by atoms with E-state index >= 15 is 0 Å². The van der Waals surface area contributed by atoms with Crippen LogP contribution in [-0.2, 0) is 17.7 Å². The molecule has 1 aromatic heterocycles. The van der Waals surface area contributed by atoms with Gasteiger partial charge in [-0.2, -0.15) is 0 Å². The number of aliphatic hydroxyl groups excluding tert-OH is 4. The van der Waals surface area contributed by atoms with Crippen LogP contribution in [0.4, 0.5) is 0 Å². The van der Waals surface area contributed by atoms with E-state index in [2.05, 4.69) is 10.3 Å². The van der Waals surface area contributed by atoms with Crippen LogP contribution in [-0.4, -0.2) is 79.8 Å². The Morgan fingerprint density at radius 1 is 1.03 bits per heavy atom. The molecule has 0 bridgehead atoms. The van der Waals surface area contributed by atoms with Crippen molar-refractivity contribution < 1.29 is 34.6 Å². The van der Waals surface area contributed by atoms with Crippen LogP contribution in [0, 0.1) is 0 Å². The molecule has 166 valence electrons. The van der Waals surface area contributed by atoms with Gasteiger partial charge in [-0.1, -0.05) is 23.4 Å². The number of methoxy groups -OCH3 is 1. The fourth-order valence-corrected chi connectivity index (χ4v) is 3.57. The van der Waals surface area contributed by atoms with E-state index in [1.807, 2.05) is 24.3 Å². The Morgan fingerprint density at radius 2 is 1.81 bits per heavy atom. The van der Waals surface area contributed by atoms with Gasteiger partial charge in [0.05, 0.1) is 13.7 Å². The van der Waals surface area contributed by atoms with Crippen molar-refractivity contribution in [2.75, 3.05) is 13.7 Å². The third-order valence-corrected chi connectivity index (χ3v) is 5.36. The van der Waals surface area contributed by atoms with Gasteiger partial charge in [-0.25, -0.2) is 4.68 Å². The highest BCUT2D eigenvalue weighted by atomic mass is 16.7. The van der Waals surface area contributed by atoms with Crippen molar-refractivity contribution >= 4 is 11.0 Å². The van der Waals surface area contributed by atoms with Crippen molar-refractivity contribution in [1.82, 2.24) is 15.0 Å². The normalized spacial score (nSPS) is 26.2. The van der Waals surface area contributed by atoms with Gasteiger partial charge in [-0.05, 0) is 36.2 Å². The highest BCUT2D eigenvalue weighted by molar-refractivity contribution is 5.81. The van der Waals surface area contributed by atoms with Gasteiger partial charge in [0.1, 0.15) is 41.2 Å². The second kappa shape index (κ2) is 9.16. The van der Waals surface area contributed by atoms with Gasteiger partial charge in [0.25, 0.3) is 0 Å². The van der Waals surface area contributed by atoms with Crippen LogP contribution in [0.25, 0.3) is 11.0 Å². The average Bonchev–Trinajstić information content (AvgIpc) is 3.22. The van der Waals surface area contributed by atoms with Gasteiger partial charge in [-0.3, -0.25) is 0 Å². The van der Waals surface area contributed by atoms with E-state index in [-0.39, 0.29) is 0 Å². The predicted octanol–water partition coefficient (Wildman–Crippen LogP) is -0.139. The number of aryl methyl sites for hydroxylation is 2. The van der Waals surface area contributed by atoms with E-state index in [4.69, 9.17) is 14.2 Å². The van der Waals surface area contributed by atoms with Crippen LogP contribution in [0.5, 0.6) is 11.5 Å². The van der Waals surface area contributed by atoms with Crippen LogP contribution in [0.3, 0.4) is 0 Å². The van der Waals surface area contributed by atoms with Crippen LogP contribution in [0.2, 0.25) is 0 Å². The summed E-state index contributed by atoms with van der Waals surface area (Å²) in [4.78, 5) is 0. The number of hydrogen-bond donors (Lipinski definition) is 4. The van der Waals surface area contributed by atoms with Gasteiger partial charge in [0.15, 0.2) is 5.75 Å². The lowest BCUT2D eigenvalue weighted by Gasteiger charge is -2.39. The summed E-state index contributed by atoms with van der Waals surface area (Å²) in [6.07, 6.45) is -6.12. The molecule has 4 N–H and O–H groups in total. The van der Waals surface area contributed by atoms with Crippen molar-refractivity contribution in [1.29, 1.82) is 0 Å². The zero-order valence-electron chi connectivity index (χ0n) is 16.9.